The lowest BCUT2D eigenvalue weighted by Gasteiger charge is -2.13. The van der Waals surface area contributed by atoms with Crippen LogP contribution in [-0.2, 0) is 4.79 Å². The Hall–Kier alpha value is -3.36. The lowest BCUT2D eigenvalue weighted by Crippen LogP contribution is -2.14. The van der Waals surface area contributed by atoms with E-state index in [1.807, 2.05) is 55.7 Å². The highest BCUT2D eigenvalue weighted by molar-refractivity contribution is 6.31. The zero-order valence-corrected chi connectivity index (χ0v) is 17.0. The molecule has 0 aliphatic rings. The molecule has 0 aliphatic heterocycles. The SMILES string of the molecule is Cc1c(Cl)cccc1-n1c(C)cc(/C=C(\C#N)C(=O)Nc2ccccc2F)c1C. The van der Waals surface area contributed by atoms with Crippen molar-refractivity contribution >= 4 is 29.3 Å². The second-order valence-corrected chi connectivity index (χ2v) is 7.06. The Morgan fingerprint density at radius 2 is 1.90 bits per heavy atom. The maximum absolute atomic E-state index is 13.8. The number of nitrogens with zero attached hydrogens (tertiary/aromatic N) is 2. The number of anilines is 1. The molecule has 1 aromatic heterocycles. The molecule has 2 aromatic carbocycles. The van der Waals surface area contributed by atoms with E-state index in [1.165, 1.54) is 24.3 Å². The molecule has 146 valence electrons. The average Bonchev–Trinajstić information content (AvgIpc) is 2.97. The van der Waals surface area contributed by atoms with Crippen molar-refractivity contribution in [3.63, 3.8) is 0 Å². The number of carbonyl (C=O) groups excluding carboxylic acids is 1. The molecule has 0 saturated heterocycles. The third kappa shape index (κ3) is 4.08. The Bertz CT molecular complexity index is 1170. The number of hydrogen-bond donors (Lipinski definition) is 1. The minimum Gasteiger partial charge on any atom is -0.319 e. The average molecular weight is 408 g/mol. The topological polar surface area (TPSA) is 57.8 Å². The van der Waals surface area contributed by atoms with E-state index in [2.05, 4.69) is 5.32 Å². The molecule has 29 heavy (non-hydrogen) atoms. The number of aromatic nitrogens is 1. The number of aryl methyl sites for hydroxylation is 1. The van der Waals surface area contributed by atoms with Crippen molar-refractivity contribution in [1.82, 2.24) is 4.57 Å². The lowest BCUT2D eigenvalue weighted by molar-refractivity contribution is -0.112. The molecule has 1 heterocycles. The van der Waals surface area contributed by atoms with Crippen molar-refractivity contribution in [2.45, 2.75) is 20.8 Å². The van der Waals surface area contributed by atoms with Crippen molar-refractivity contribution in [2.75, 3.05) is 5.32 Å². The first-order valence-electron chi connectivity index (χ1n) is 8.95. The van der Waals surface area contributed by atoms with Crippen LogP contribution in [-0.4, -0.2) is 10.5 Å². The van der Waals surface area contributed by atoms with E-state index < -0.39 is 11.7 Å². The molecule has 3 aromatic rings. The van der Waals surface area contributed by atoms with Crippen LogP contribution >= 0.6 is 11.6 Å². The predicted octanol–water partition coefficient (Wildman–Crippen LogP) is 5.74. The van der Waals surface area contributed by atoms with E-state index >= 15 is 0 Å². The fraction of sp³-hybridized carbons (Fsp3) is 0.130. The van der Waals surface area contributed by atoms with Gasteiger partial charge in [0.2, 0.25) is 0 Å². The number of benzene rings is 2. The Kier molecular flexibility index (Phi) is 5.86. The maximum atomic E-state index is 13.8. The normalized spacial score (nSPS) is 11.2. The molecule has 0 bridgehead atoms. The molecule has 6 heteroatoms. The van der Waals surface area contributed by atoms with Gasteiger partial charge < -0.3 is 9.88 Å². The molecule has 0 spiro atoms. The van der Waals surface area contributed by atoms with E-state index in [9.17, 15) is 14.4 Å². The molecule has 1 amide bonds. The van der Waals surface area contributed by atoms with Crippen LogP contribution in [0.25, 0.3) is 11.8 Å². The molecule has 3 rings (SSSR count). The molecule has 0 fully saturated rings. The van der Waals surface area contributed by atoms with Crippen molar-refractivity contribution < 1.29 is 9.18 Å². The van der Waals surface area contributed by atoms with Crippen LogP contribution in [0.4, 0.5) is 10.1 Å². The quantitative estimate of drug-likeness (QED) is 0.442. The summed E-state index contributed by atoms with van der Waals surface area (Å²) in [6.45, 7) is 5.79. The fourth-order valence-electron chi connectivity index (χ4n) is 3.20. The summed E-state index contributed by atoms with van der Waals surface area (Å²) < 4.78 is 15.8. The second-order valence-electron chi connectivity index (χ2n) is 6.65. The number of rotatable bonds is 4. The molecule has 4 nitrogen and oxygen atoms in total. The van der Waals surface area contributed by atoms with Gasteiger partial charge in [-0.05, 0) is 68.3 Å². The van der Waals surface area contributed by atoms with Gasteiger partial charge in [0.25, 0.3) is 5.91 Å². The van der Waals surface area contributed by atoms with Gasteiger partial charge in [-0.15, -0.1) is 0 Å². The summed E-state index contributed by atoms with van der Waals surface area (Å²) in [5.74, 6) is -1.23. The van der Waals surface area contributed by atoms with Crippen LogP contribution < -0.4 is 5.32 Å². The maximum Gasteiger partial charge on any atom is 0.266 e. The zero-order valence-electron chi connectivity index (χ0n) is 16.3. The van der Waals surface area contributed by atoms with Gasteiger partial charge in [-0.25, -0.2) is 4.39 Å². The first kappa shape index (κ1) is 20.4. The number of hydrogen-bond acceptors (Lipinski definition) is 2. The van der Waals surface area contributed by atoms with Crippen molar-refractivity contribution in [3.05, 3.63) is 87.5 Å². The number of halogens is 2. The summed E-state index contributed by atoms with van der Waals surface area (Å²) in [5, 5.41) is 12.6. The number of nitrogens with one attached hydrogen (secondary N) is 1. The van der Waals surface area contributed by atoms with Crippen LogP contribution in [0.3, 0.4) is 0 Å². The van der Waals surface area contributed by atoms with Crippen LogP contribution in [0.1, 0.15) is 22.5 Å². The molecular formula is C23H19ClFN3O. The molecule has 1 N–H and O–H groups in total. The molecule has 0 aliphatic carbocycles. The zero-order chi connectivity index (χ0) is 21.1. The first-order valence-corrected chi connectivity index (χ1v) is 9.33. The Morgan fingerprint density at radius 1 is 1.17 bits per heavy atom. The van der Waals surface area contributed by atoms with Gasteiger partial charge in [0, 0.05) is 22.1 Å². The number of para-hydroxylation sites is 1. The molecule has 0 radical (unpaired) electrons. The standard InChI is InChI=1S/C23H19ClFN3O/c1-14-11-17(16(3)28(14)22-10-6-7-19(24)15(22)2)12-18(13-26)23(29)27-21-9-5-4-8-20(21)25/h4-12H,1-3H3,(H,27,29)/b18-12+. The molecule has 0 saturated carbocycles. The fourth-order valence-corrected chi connectivity index (χ4v) is 3.37. The number of carbonyl (C=O) groups is 1. The van der Waals surface area contributed by atoms with Gasteiger partial charge in [-0.3, -0.25) is 4.79 Å². The van der Waals surface area contributed by atoms with E-state index in [0.29, 0.717) is 5.02 Å². The van der Waals surface area contributed by atoms with Crippen molar-refractivity contribution in [2.24, 2.45) is 0 Å². The lowest BCUT2D eigenvalue weighted by atomic mass is 10.1. The van der Waals surface area contributed by atoms with Crippen LogP contribution in [0.5, 0.6) is 0 Å². The monoisotopic (exact) mass is 407 g/mol. The highest BCUT2D eigenvalue weighted by Gasteiger charge is 2.16. The van der Waals surface area contributed by atoms with Crippen molar-refractivity contribution in [1.29, 1.82) is 5.26 Å². The van der Waals surface area contributed by atoms with E-state index in [4.69, 9.17) is 11.6 Å². The van der Waals surface area contributed by atoms with E-state index in [-0.39, 0.29) is 11.3 Å². The van der Waals surface area contributed by atoms with Gasteiger partial charge in [0.15, 0.2) is 0 Å². The minimum absolute atomic E-state index is 0.0266. The summed E-state index contributed by atoms with van der Waals surface area (Å²) in [5.41, 5.74) is 4.30. The van der Waals surface area contributed by atoms with E-state index in [0.717, 1.165) is 28.2 Å². The Labute approximate surface area is 173 Å². The van der Waals surface area contributed by atoms with Crippen molar-refractivity contribution in [3.8, 4) is 11.8 Å². The van der Waals surface area contributed by atoms with Crippen LogP contribution in [0.2, 0.25) is 5.02 Å². The van der Waals surface area contributed by atoms with Gasteiger partial charge >= 0.3 is 0 Å². The Balaban J connectivity index is 1.99. The minimum atomic E-state index is -0.665. The first-order chi connectivity index (χ1) is 13.8. The highest BCUT2D eigenvalue weighted by atomic mass is 35.5. The highest BCUT2D eigenvalue weighted by Crippen LogP contribution is 2.28. The summed E-state index contributed by atoms with van der Waals surface area (Å²) >= 11 is 6.26. The van der Waals surface area contributed by atoms with Gasteiger partial charge in [-0.2, -0.15) is 5.26 Å². The smallest absolute Gasteiger partial charge is 0.266 e. The van der Waals surface area contributed by atoms with E-state index in [1.54, 1.807) is 6.07 Å². The summed E-state index contributed by atoms with van der Waals surface area (Å²) in [7, 11) is 0. The van der Waals surface area contributed by atoms with Gasteiger partial charge in [-0.1, -0.05) is 29.8 Å². The summed E-state index contributed by atoms with van der Waals surface area (Å²) in [6, 6.07) is 15.3. The number of amides is 1. The summed E-state index contributed by atoms with van der Waals surface area (Å²) in [6.07, 6.45) is 1.51. The molecule has 0 unspecified atom stereocenters. The summed E-state index contributed by atoms with van der Waals surface area (Å²) in [4.78, 5) is 12.5. The second kappa shape index (κ2) is 8.34. The van der Waals surface area contributed by atoms with Crippen LogP contribution in [0.15, 0.2) is 54.1 Å². The number of nitriles is 1. The third-order valence-electron chi connectivity index (χ3n) is 4.74. The van der Waals surface area contributed by atoms with Gasteiger partial charge in [0.05, 0.1) is 5.69 Å². The third-order valence-corrected chi connectivity index (χ3v) is 5.15. The van der Waals surface area contributed by atoms with Gasteiger partial charge in [0.1, 0.15) is 17.5 Å². The molecular weight excluding hydrogens is 389 g/mol. The largest absolute Gasteiger partial charge is 0.319 e. The Morgan fingerprint density at radius 3 is 2.59 bits per heavy atom. The predicted molar refractivity (Wildman–Crippen MR) is 114 cm³/mol. The molecule has 0 atom stereocenters. The van der Waals surface area contributed by atoms with Crippen LogP contribution in [0, 0.1) is 37.9 Å².